The molecule has 0 bridgehead atoms. The number of amides is 1. The average molecular weight is 346 g/mol. The fourth-order valence-corrected chi connectivity index (χ4v) is 2.83. The van der Waals surface area contributed by atoms with E-state index < -0.39 is 0 Å². The molecule has 2 aromatic rings. The minimum atomic E-state index is 0.0111. The van der Waals surface area contributed by atoms with Gasteiger partial charge in [-0.1, -0.05) is 11.6 Å². The number of carbonyl (C=O) groups is 1. The molecule has 2 heterocycles. The highest BCUT2D eigenvalue weighted by Crippen LogP contribution is 2.21. The van der Waals surface area contributed by atoms with Crippen molar-refractivity contribution in [3.8, 4) is 5.75 Å². The Balaban J connectivity index is 1.49. The number of rotatable bonds is 4. The van der Waals surface area contributed by atoms with Crippen LogP contribution in [0.4, 0.5) is 5.69 Å². The SMILES string of the molecule is Cc1cc(OCC(=O)N2CCN(c3ccncc3)CC2)ccc1Cl. The van der Waals surface area contributed by atoms with Crippen LogP contribution in [0.3, 0.4) is 0 Å². The van der Waals surface area contributed by atoms with E-state index in [1.807, 2.05) is 30.0 Å². The molecule has 24 heavy (non-hydrogen) atoms. The van der Waals surface area contributed by atoms with Crippen molar-refractivity contribution < 1.29 is 9.53 Å². The fourth-order valence-electron chi connectivity index (χ4n) is 2.71. The molecule has 5 nitrogen and oxygen atoms in total. The summed E-state index contributed by atoms with van der Waals surface area (Å²) in [6.07, 6.45) is 3.57. The van der Waals surface area contributed by atoms with Crippen molar-refractivity contribution in [1.82, 2.24) is 9.88 Å². The number of aryl methyl sites for hydroxylation is 1. The average Bonchev–Trinajstić information content (AvgIpc) is 2.63. The Kier molecular flexibility index (Phi) is 5.20. The first-order valence-corrected chi connectivity index (χ1v) is 8.33. The summed E-state index contributed by atoms with van der Waals surface area (Å²) >= 11 is 5.99. The lowest BCUT2D eigenvalue weighted by molar-refractivity contribution is -0.133. The molecule has 1 saturated heterocycles. The second-order valence-corrected chi connectivity index (χ2v) is 6.18. The second-order valence-electron chi connectivity index (χ2n) is 5.77. The van der Waals surface area contributed by atoms with Gasteiger partial charge in [0.15, 0.2) is 6.61 Å². The molecule has 126 valence electrons. The Bertz CT molecular complexity index is 701. The molecule has 0 saturated carbocycles. The highest BCUT2D eigenvalue weighted by molar-refractivity contribution is 6.31. The molecule has 1 fully saturated rings. The summed E-state index contributed by atoms with van der Waals surface area (Å²) in [7, 11) is 0. The molecule has 1 aliphatic rings. The number of aromatic nitrogens is 1. The molecule has 1 aromatic carbocycles. The quantitative estimate of drug-likeness (QED) is 0.854. The first kappa shape index (κ1) is 16.6. The Labute approximate surface area is 146 Å². The van der Waals surface area contributed by atoms with Crippen LogP contribution in [-0.2, 0) is 4.79 Å². The van der Waals surface area contributed by atoms with E-state index in [9.17, 15) is 4.79 Å². The van der Waals surface area contributed by atoms with Crippen LogP contribution in [0.5, 0.6) is 5.75 Å². The molecule has 1 amide bonds. The van der Waals surface area contributed by atoms with Crippen molar-refractivity contribution in [2.45, 2.75) is 6.92 Å². The van der Waals surface area contributed by atoms with Crippen molar-refractivity contribution >= 4 is 23.2 Å². The highest BCUT2D eigenvalue weighted by Gasteiger charge is 2.21. The molecule has 1 aliphatic heterocycles. The van der Waals surface area contributed by atoms with E-state index in [1.54, 1.807) is 24.5 Å². The summed E-state index contributed by atoms with van der Waals surface area (Å²) in [6, 6.07) is 9.39. The fraction of sp³-hybridized carbons (Fsp3) is 0.333. The predicted octanol–water partition coefficient (Wildman–Crippen LogP) is 2.77. The van der Waals surface area contributed by atoms with Gasteiger partial charge in [-0.3, -0.25) is 9.78 Å². The number of benzene rings is 1. The van der Waals surface area contributed by atoms with Gasteiger partial charge in [0.05, 0.1) is 0 Å². The zero-order valence-electron chi connectivity index (χ0n) is 13.6. The van der Waals surface area contributed by atoms with Crippen molar-refractivity contribution in [2.24, 2.45) is 0 Å². The zero-order valence-corrected chi connectivity index (χ0v) is 14.4. The molecule has 6 heteroatoms. The zero-order chi connectivity index (χ0) is 16.9. The van der Waals surface area contributed by atoms with Gasteiger partial charge in [-0.15, -0.1) is 0 Å². The van der Waals surface area contributed by atoms with Gasteiger partial charge in [0.25, 0.3) is 5.91 Å². The topological polar surface area (TPSA) is 45.7 Å². The minimum Gasteiger partial charge on any atom is -0.484 e. The van der Waals surface area contributed by atoms with Crippen LogP contribution in [0.15, 0.2) is 42.7 Å². The molecule has 0 unspecified atom stereocenters. The number of anilines is 1. The first-order valence-electron chi connectivity index (χ1n) is 7.95. The van der Waals surface area contributed by atoms with Crippen LogP contribution in [0.25, 0.3) is 0 Å². The third kappa shape index (κ3) is 3.97. The molecule has 3 rings (SSSR count). The van der Waals surface area contributed by atoms with Crippen molar-refractivity contribution in [3.05, 3.63) is 53.3 Å². The van der Waals surface area contributed by atoms with E-state index in [-0.39, 0.29) is 12.5 Å². The standard InChI is InChI=1S/C18H20ClN3O2/c1-14-12-16(2-3-17(14)19)24-13-18(23)22-10-8-21(9-11-22)15-4-6-20-7-5-15/h2-7,12H,8-11,13H2,1H3. The van der Waals surface area contributed by atoms with Crippen molar-refractivity contribution in [3.63, 3.8) is 0 Å². The van der Waals surface area contributed by atoms with Crippen molar-refractivity contribution in [2.75, 3.05) is 37.7 Å². The van der Waals surface area contributed by atoms with E-state index in [2.05, 4.69) is 9.88 Å². The van der Waals surface area contributed by atoms with E-state index >= 15 is 0 Å². The van der Waals surface area contributed by atoms with E-state index in [0.717, 1.165) is 24.3 Å². The van der Waals surface area contributed by atoms with Gasteiger partial charge in [-0.05, 0) is 42.8 Å². The summed E-state index contributed by atoms with van der Waals surface area (Å²) in [6.45, 7) is 4.99. The van der Waals surface area contributed by atoms with Gasteiger partial charge in [0.2, 0.25) is 0 Å². The van der Waals surface area contributed by atoms with Gasteiger partial charge in [0, 0.05) is 49.3 Å². The number of hydrogen-bond donors (Lipinski definition) is 0. The third-order valence-corrected chi connectivity index (χ3v) is 4.58. The number of pyridine rings is 1. The van der Waals surface area contributed by atoms with E-state index in [0.29, 0.717) is 23.9 Å². The summed E-state index contributed by atoms with van der Waals surface area (Å²) in [4.78, 5) is 20.5. The van der Waals surface area contributed by atoms with Crippen LogP contribution in [0.1, 0.15) is 5.56 Å². The molecular weight excluding hydrogens is 326 g/mol. The lowest BCUT2D eigenvalue weighted by Gasteiger charge is -2.36. The van der Waals surface area contributed by atoms with Gasteiger partial charge in [-0.2, -0.15) is 0 Å². The maximum atomic E-state index is 12.3. The maximum absolute atomic E-state index is 12.3. The molecule has 0 N–H and O–H groups in total. The lowest BCUT2D eigenvalue weighted by atomic mass is 10.2. The van der Waals surface area contributed by atoms with Crippen LogP contribution in [0, 0.1) is 6.92 Å². The van der Waals surface area contributed by atoms with Crippen LogP contribution in [-0.4, -0.2) is 48.6 Å². The van der Waals surface area contributed by atoms with Crippen LogP contribution in [0.2, 0.25) is 5.02 Å². The first-order chi connectivity index (χ1) is 11.6. The third-order valence-electron chi connectivity index (χ3n) is 4.15. The number of piperazine rings is 1. The Morgan fingerprint density at radius 2 is 1.88 bits per heavy atom. The summed E-state index contributed by atoms with van der Waals surface area (Å²) in [5.41, 5.74) is 2.08. The van der Waals surface area contributed by atoms with Gasteiger partial charge in [-0.25, -0.2) is 0 Å². The van der Waals surface area contributed by atoms with Gasteiger partial charge in [0.1, 0.15) is 5.75 Å². The lowest BCUT2D eigenvalue weighted by Crippen LogP contribution is -2.50. The predicted molar refractivity (Wildman–Crippen MR) is 94.7 cm³/mol. The number of halogens is 1. The number of hydrogen-bond acceptors (Lipinski definition) is 4. The monoisotopic (exact) mass is 345 g/mol. The van der Waals surface area contributed by atoms with Gasteiger partial charge < -0.3 is 14.5 Å². The minimum absolute atomic E-state index is 0.0111. The molecule has 1 aromatic heterocycles. The Morgan fingerprint density at radius 3 is 2.54 bits per heavy atom. The Morgan fingerprint density at radius 1 is 1.17 bits per heavy atom. The normalized spacial score (nSPS) is 14.6. The van der Waals surface area contributed by atoms with E-state index in [1.165, 1.54) is 0 Å². The summed E-state index contributed by atoms with van der Waals surface area (Å²) in [5.74, 6) is 0.678. The summed E-state index contributed by atoms with van der Waals surface area (Å²) < 4.78 is 5.60. The maximum Gasteiger partial charge on any atom is 0.260 e. The molecule has 0 spiro atoms. The smallest absolute Gasteiger partial charge is 0.260 e. The number of nitrogens with zero attached hydrogens (tertiary/aromatic N) is 3. The molecule has 0 aliphatic carbocycles. The second kappa shape index (κ2) is 7.53. The van der Waals surface area contributed by atoms with Crippen LogP contribution >= 0.6 is 11.6 Å². The largest absolute Gasteiger partial charge is 0.484 e. The number of ether oxygens (including phenoxy) is 1. The highest BCUT2D eigenvalue weighted by atomic mass is 35.5. The molecule has 0 radical (unpaired) electrons. The summed E-state index contributed by atoms with van der Waals surface area (Å²) in [5, 5.41) is 0.695. The van der Waals surface area contributed by atoms with Crippen molar-refractivity contribution in [1.29, 1.82) is 0 Å². The molecular formula is C18H20ClN3O2. The Hall–Kier alpha value is -2.27. The van der Waals surface area contributed by atoms with Crippen LogP contribution < -0.4 is 9.64 Å². The van der Waals surface area contributed by atoms with E-state index in [4.69, 9.17) is 16.3 Å². The van der Waals surface area contributed by atoms with Gasteiger partial charge >= 0.3 is 0 Å². The molecule has 0 atom stereocenters. The number of carbonyl (C=O) groups excluding carboxylic acids is 1.